The Balaban J connectivity index is 1.94. The number of nitrogens with two attached hydrogens (primary N) is 1. The van der Waals surface area contributed by atoms with Crippen molar-refractivity contribution in [1.82, 2.24) is 10.0 Å². The molecule has 2 rings (SSSR count). The molecule has 1 heterocycles. The molecule has 4 N–H and O–H groups in total. The second-order valence-electron chi connectivity index (χ2n) is 5.75. The number of amides is 1. The molecule has 0 radical (unpaired) electrons. The number of nitrogens with one attached hydrogen (secondary N) is 2. The van der Waals surface area contributed by atoms with Gasteiger partial charge in [0.05, 0.1) is 24.1 Å². The third-order valence-corrected chi connectivity index (χ3v) is 5.20. The molecule has 0 aromatic heterocycles. The monoisotopic (exact) mass is 377 g/mol. The maximum Gasteiger partial charge on any atom is 0.277 e. The lowest BCUT2D eigenvalue weighted by molar-refractivity contribution is 0.0118. The molecule has 0 bridgehead atoms. The van der Waals surface area contributed by atoms with E-state index in [4.69, 9.17) is 10.5 Å². The van der Waals surface area contributed by atoms with Gasteiger partial charge in [-0.05, 0) is 37.1 Å². The number of ether oxygens (including phenoxy) is 1. The van der Waals surface area contributed by atoms with Crippen molar-refractivity contribution in [1.29, 1.82) is 0 Å². The van der Waals surface area contributed by atoms with Crippen LogP contribution in [0.15, 0.2) is 29.2 Å². The van der Waals surface area contributed by atoms with Crippen molar-refractivity contribution in [2.75, 3.05) is 26.2 Å². The highest BCUT2D eigenvalue weighted by molar-refractivity contribution is 7.89. The van der Waals surface area contributed by atoms with Crippen LogP contribution in [-0.4, -0.2) is 52.6 Å². The Morgan fingerprint density at radius 2 is 2.00 bits per heavy atom. The third-order valence-electron chi connectivity index (χ3n) is 3.76. The zero-order valence-electron chi connectivity index (χ0n) is 13.5. The summed E-state index contributed by atoms with van der Waals surface area (Å²) in [7, 11) is -3.73. The number of halogens is 2. The van der Waals surface area contributed by atoms with Gasteiger partial charge in [0.1, 0.15) is 0 Å². The maximum absolute atomic E-state index is 13.0. The molecule has 1 amide bonds. The number of rotatable bonds is 8. The molecule has 140 valence electrons. The lowest BCUT2D eigenvalue weighted by Crippen LogP contribution is -2.41. The largest absolute Gasteiger partial charge is 0.377 e. The van der Waals surface area contributed by atoms with Gasteiger partial charge in [-0.15, -0.1) is 0 Å². The summed E-state index contributed by atoms with van der Waals surface area (Å²) in [4.78, 5) is 11.8. The summed E-state index contributed by atoms with van der Waals surface area (Å²) >= 11 is 0. The van der Waals surface area contributed by atoms with Crippen LogP contribution in [0.4, 0.5) is 8.78 Å². The lowest BCUT2D eigenvalue weighted by atomic mass is 10.2. The first-order valence-corrected chi connectivity index (χ1v) is 9.29. The standard InChI is InChI=1S/C15H21F2N3O4S/c16-15(17,9-18)10-19-14(21)11-3-5-13(6-4-11)25(22,23)20-8-12-2-1-7-24-12/h3-6,12,20H,1-2,7-10,18H2,(H,19,21). The smallest absolute Gasteiger partial charge is 0.277 e. The van der Waals surface area contributed by atoms with Crippen molar-refractivity contribution in [2.24, 2.45) is 5.73 Å². The highest BCUT2D eigenvalue weighted by Crippen LogP contribution is 2.14. The minimum absolute atomic E-state index is 0.0191. The van der Waals surface area contributed by atoms with Crippen molar-refractivity contribution in [3.8, 4) is 0 Å². The summed E-state index contributed by atoms with van der Waals surface area (Å²) in [6, 6.07) is 5.01. The zero-order chi connectivity index (χ0) is 18.5. The molecule has 1 saturated heterocycles. The fourth-order valence-corrected chi connectivity index (χ4v) is 3.33. The van der Waals surface area contributed by atoms with E-state index in [1.54, 1.807) is 0 Å². The molecule has 0 spiro atoms. The number of alkyl halides is 2. The molecule has 1 aromatic rings. The molecule has 1 fully saturated rings. The van der Waals surface area contributed by atoms with Crippen molar-refractivity contribution in [2.45, 2.75) is 29.8 Å². The molecule has 0 aliphatic carbocycles. The van der Waals surface area contributed by atoms with Gasteiger partial charge < -0.3 is 15.8 Å². The van der Waals surface area contributed by atoms with Crippen molar-refractivity contribution < 1.29 is 26.7 Å². The van der Waals surface area contributed by atoms with Gasteiger partial charge in [0, 0.05) is 18.7 Å². The van der Waals surface area contributed by atoms with Gasteiger partial charge in [-0.3, -0.25) is 4.79 Å². The van der Waals surface area contributed by atoms with Crippen molar-refractivity contribution in [3.05, 3.63) is 29.8 Å². The average molecular weight is 377 g/mol. The fourth-order valence-electron chi connectivity index (χ4n) is 2.26. The first-order chi connectivity index (χ1) is 11.7. The van der Waals surface area contributed by atoms with Crippen LogP contribution in [0.1, 0.15) is 23.2 Å². The average Bonchev–Trinajstić information content (AvgIpc) is 3.12. The first-order valence-electron chi connectivity index (χ1n) is 7.81. The molecule has 10 heteroatoms. The fraction of sp³-hybridized carbons (Fsp3) is 0.533. The summed E-state index contributed by atoms with van der Waals surface area (Å²) in [5.41, 5.74) is 4.96. The normalized spacial score (nSPS) is 18.3. The van der Waals surface area contributed by atoms with E-state index in [1.807, 2.05) is 0 Å². The number of carbonyl (C=O) groups is 1. The minimum Gasteiger partial charge on any atom is -0.377 e. The SMILES string of the molecule is NCC(F)(F)CNC(=O)c1ccc(S(=O)(=O)NCC2CCCO2)cc1. The van der Waals surface area contributed by atoms with Crippen LogP contribution in [0.3, 0.4) is 0 Å². The molecule has 1 aliphatic rings. The second kappa shape index (κ2) is 8.17. The van der Waals surface area contributed by atoms with Gasteiger partial charge in [0.25, 0.3) is 11.8 Å². The zero-order valence-corrected chi connectivity index (χ0v) is 14.3. The Bertz CT molecular complexity index is 689. The molecular formula is C15H21F2N3O4S. The van der Waals surface area contributed by atoms with Crippen LogP contribution >= 0.6 is 0 Å². The Kier molecular flexibility index (Phi) is 6.44. The Morgan fingerprint density at radius 3 is 2.56 bits per heavy atom. The van der Waals surface area contributed by atoms with Crippen molar-refractivity contribution in [3.63, 3.8) is 0 Å². The number of sulfonamides is 1. The predicted molar refractivity (Wildman–Crippen MR) is 86.9 cm³/mol. The van der Waals surface area contributed by atoms with Gasteiger partial charge in [0.2, 0.25) is 10.0 Å². The van der Waals surface area contributed by atoms with E-state index in [0.717, 1.165) is 12.8 Å². The predicted octanol–water partition coefficient (Wildman–Crippen LogP) is 0.468. The highest BCUT2D eigenvalue weighted by atomic mass is 32.2. The molecule has 1 atom stereocenters. The molecule has 0 saturated carbocycles. The van der Waals surface area contributed by atoms with E-state index in [0.29, 0.717) is 6.61 Å². The van der Waals surface area contributed by atoms with Gasteiger partial charge >= 0.3 is 0 Å². The molecule has 7 nitrogen and oxygen atoms in total. The Hall–Kier alpha value is -1.62. The van der Waals surface area contributed by atoms with Gasteiger partial charge in [-0.2, -0.15) is 0 Å². The molecule has 25 heavy (non-hydrogen) atoms. The summed E-state index contributed by atoms with van der Waals surface area (Å²) < 4.78 is 58.2. The number of hydrogen-bond acceptors (Lipinski definition) is 5. The summed E-state index contributed by atoms with van der Waals surface area (Å²) in [6.45, 7) is -0.954. The van der Waals surface area contributed by atoms with E-state index in [1.165, 1.54) is 24.3 Å². The molecule has 1 unspecified atom stereocenters. The number of carbonyl (C=O) groups excluding carboxylic acids is 1. The number of benzene rings is 1. The summed E-state index contributed by atoms with van der Waals surface area (Å²) in [5, 5.41) is 2.06. The van der Waals surface area contributed by atoms with Gasteiger partial charge in [-0.25, -0.2) is 21.9 Å². The van der Waals surface area contributed by atoms with E-state index in [-0.39, 0.29) is 23.1 Å². The summed E-state index contributed by atoms with van der Waals surface area (Å²) in [5.74, 6) is -3.92. The van der Waals surface area contributed by atoms with Gasteiger partial charge in [0.15, 0.2) is 0 Å². The molecule has 1 aromatic carbocycles. The van der Waals surface area contributed by atoms with Crippen LogP contribution in [0.5, 0.6) is 0 Å². The first kappa shape index (κ1) is 19.7. The number of hydrogen-bond donors (Lipinski definition) is 3. The molecule has 1 aliphatic heterocycles. The highest BCUT2D eigenvalue weighted by Gasteiger charge is 2.27. The van der Waals surface area contributed by atoms with Crippen LogP contribution < -0.4 is 15.8 Å². The van der Waals surface area contributed by atoms with Crippen LogP contribution in [-0.2, 0) is 14.8 Å². The quantitative estimate of drug-likeness (QED) is 0.610. The van der Waals surface area contributed by atoms with E-state index in [9.17, 15) is 22.0 Å². The lowest BCUT2D eigenvalue weighted by Gasteiger charge is -2.14. The minimum atomic E-state index is -3.73. The van der Waals surface area contributed by atoms with Crippen LogP contribution in [0.2, 0.25) is 0 Å². The van der Waals surface area contributed by atoms with E-state index in [2.05, 4.69) is 10.0 Å². The Morgan fingerprint density at radius 1 is 1.32 bits per heavy atom. The topological polar surface area (TPSA) is 111 Å². The Labute approximate surface area is 145 Å². The van der Waals surface area contributed by atoms with E-state index < -0.39 is 34.9 Å². The van der Waals surface area contributed by atoms with Crippen LogP contribution in [0, 0.1) is 0 Å². The maximum atomic E-state index is 13.0. The van der Waals surface area contributed by atoms with Crippen molar-refractivity contribution >= 4 is 15.9 Å². The summed E-state index contributed by atoms with van der Waals surface area (Å²) in [6.07, 6.45) is 1.57. The van der Waals surface area contributed by atoms with E-state index >= 15 is 0 Å². The van der Waals surface area contributed by atoms with Gasteiger partial charge in [-0.1, -0.05) is 0 Å². The van der Waals surface area contributed by atoms with Crippen LogP contribution in [0.25, 0.3) is 0 Å². The second-order valence-corrected chi connectivity index (χ2v) is 7.52. The molecular weight excluding hydrogens is 356 g/mol. The third kappa shape index (κ3) is 5.70.